The Bertz CT molecular complexity index is 2160. The average Bonchev–Trinajstić information content (AvgIpc) is 3.04. The zero-order valence-corrected chi connectivity index (χ0v) is 22.0. The second-order valence-corrected chi connectivity index (χ2v) is 10.4. The molecule has 0 unspecified atom stereocenters. The third-order valence-electron chi connectivity index (χ3n) is 8.27. The largest absolute Gasteiger partial charge is 0.0622 e. The predicted octanol–water partition coefficient (Wildman–Crippen LogP) is 11.3. The molecule has 0 aliphatic rings. The molecule has 0 amide bonds. The van der Waals surface area contributed by atoms with E-state index in [9.17, 15) is 0 Å². The minimum Gasteiger partial charge on any atom is -0.0622 e. The van der Waals surface area contributed by atoms with Gasteiger partial charge in [-0.25, -0.2) is 0 Å². The van der Waals surface area contributed by atoms with Crippen molar-refractivity contribution in [2.24, 2.45) is 0 Å². The normalized spacial score (nSPS) is 11.5. The lowest BCUT2D eigenvalue weighted by Gasteiger charge is -2.20. The van der Waals surface area contributed by atoms with Gasteiger partial charge in [0, 0.05) is 0 Å². The smallest absolute Gasteiger partial charge is 0.00201 e. The fourth-order valence-electron chi connectivity index (χ4n) is 6.54. The molecule has 0 N–H and O–H groups in total. The molecule has 0 nitrogen and oxygen atoms in total. The first kappa shape index (κ1) is 22.8. The molecule has 0 aliphatic heterocycles. The monoisotopic (exact) mass is 506 g/mol. The van der Waals surface area contributed by atoms with Gasteiger partial charge in [-0.1, -0.05) is 158 Å². The zero-order valence-electron chi connectivity index (χ0n) is 22.0. The Kier molecular flexibility index (Phi) is 5.24. The van der Waals surface area contributed by atoms with E-state index in [0.717, 1.165) is 0 Å². The van der Waals surface area contributed by atoms with E-state index in [4.69, 9.17) is 0 Å². The number of rotatable bonds is 3. The number of hydrogen-bond acceptors (Lipinski definition) is 0. The van der Waals surface area contributed by atoms with Gasteiger partial charge in [-0.15, -0.1) is 0 Å². The fourth-order valence-corrected chi connectivity index (χ4v) is 6.54. The first-order chi connectivity index (χ1) is 19.9. The highest BCUT2D eigenvalue weighted by Gasteiger charge is 2.19. The van der Waals surface area contributed by atoms with Crippen LogP contribution in [0.5, 0.6) is 0 Å². The van der Waals surface area contributed by atoms with Gasteiger partial charge in [-0.2, -0.15) is 0 Å². The van der Waals surface area contributed by atoms with Crippen LogP contribution >= 0.6 is 0 Å². The lowest BCUT2D eigenvalue weighted by molar-refractivity contribution is 1.59. The minimum absolute atomic E-state index is 1.23. The molecule has 40 heavy (non-hydrogen) atoms. The van der Waals surface area contributed by atoms with Crippen LogP contribution in [0.4, 0.5) is 0 Å². The van der Waals surface area contributed by atoms with Gasteiger partial charge in [-0.3, -0.25) is 0 Å². The minimum atomic E-state index is 1.23. The SMILES string of the molecule is c1ccc(-c2ccccc2-c2c(-c3cccc4c5ccccc5c5ccccc5c34)ccc3ccccc23)cc1. The van der Waals surface area contributed by atoms with Crippen molar-refractivity contribution < 1.29 is 0 Å². The highest BCUT2D eigenvalue weighted by molar-refractivity contribution is 6.29. The van der Waals surface area contributed by atoms with E-state index in [1.54, 1.807) is 0 Å². The maximum absolute atomic E-state index is 2.33. The van der Waals surface area contributed by atoms with Crippen LogP contribution in [0, 0.1) is 0 Å². The maximum Gasteiger partial charge on any atom is -0.00201 e. The van der Waals surface area contributed by atoms with Crippen LogP contribution in [0.25, 0.3) is 76.5 Å². The molecule has 8 aromatic rings. The summed E-state index contributed by atoms with van der Waals surface area (Å²) in [4.78, 5) is 0. The molecule has 8 aromatic carbocycles. The Balaban J connectivity index is 1.55. The van der Waals surface area contributed by atoms with Crippen LogP contribution in [0.1, 0.15) is 0 Å². The number of fused-ring (bicyclic) bond motifs is 7. The first-order valence-electron chi connectivity index (χ1n) is 13.9. The molecule has 0 radical (unpaired) electrons. The molecular formula is C40H26. The third kappa shape index (κ3) is 3.47. The van der Waals surface area contributed by atoms with Gasteiger partial charge in [0.2, 0.25) is 0 Å². The van der Waals surface area contributed by atoms with Gasteiger partial charge in [0.15, 0.2) is 0 Å². The van der Waals surface area contributed by atoms with Gasteiger partial charge < -0.3 is 0 Å². The molecule has 0 heteroatoms. The Hall–Kier alpha value is -5.20. The summed E-state index contributed by atoms with van der Waals surface area (Å²) in [5.74, 6) is 0. The number of benzene rings is 8. The standard InChI is InChI=1S/C40H26/c1-2-13-27(14-3-1)29-16-6-10-21-34(29)39-30-17-5-4-15-28(30)25-26-38(39)37-24-12-23-36-33-19-8-7-18-31(33)32-20-9-11-22-35(32)40(36)37/h1-26H. The highest BCUT2D eigenvalue weighted by atomic mass is 14.2. The molecular weight excluding hydrogens is 480 g/mol. The average molecular weight is 507 g/mol. The second-order valence-electron chi connectivity index (χ2n) is 10.4. The molecule has 0 spiro atoms. The molecule has 186 valence electrons. The van der Waals surface area contributed by atoms with Gasteiger partial charge in [-0.05, 0) is 76.5 Å². The highest BCUT2D eigenvalue weighted by Crippen LogP contribution is 2.46. The summed E-state index contributed by atoms with van der Waals surface area (Å²) in [5.41, 5.74) is 7.53. The molecule has 8 rings (SSSR count). The van der Waals surface area contributed by atoms with Crippen LogP contribution in [0.2, 0.25) is 0 Å². The van der Waals surface area contributed by atoms with Crippen LogP contribution in [-0.4, -0.2) is 0 Å². The van der Waals surface area contributed by atoms with E-state index >= 15 is 0 Å². The van der Waals surface area contributed by atoms with Gasteiger partial charge in [0.05, 0.1) is 0 Å². The molecule has 0 saturated carbocycles. The van der Waals surface area contributed by atoms with Crippen molar-refractivity contribution in [3.8, 4) is 33.4 Å². The summed E-state index contributed by atoms with van der Waals surface area (Å²) in [5, 5.41) is 10.3. The summed E-state index contributed by atoms with van der Waals surface area (Å²) in [7, 11) is 0. The second kappa shape index (κ2) is 9.22. The molecule has 0 fully saturated rings. The third-order valence-corrected chi connectivity index (χ3v) is 8.27. The van der Waals surface area contributed by atoms with Crippen molar-refractivity contribution in [2.45, 2.75) is 0 Å². The van der Waals surface area contributed by atoms with E-state index in [1.807, 2.05) is 0 Å². The maximum atomic E-state index is 2.33. The topological polar surface area (TPSA) is 0 Å². The van der Waals surface area contributed by atoms with Crippen molar-refractivity contribution in [1.82, 2.24) is 0 Å². The Morgan fingerprint density at radius 2 is 0.750 bits per heavy atom. The van der Waals surface area contributed by atoms with E-state index < -0.39 is 0 Å². The molecule has 0 bridgehead atoms. The fraction of sp³-hybridized carbons (Fsp3) is 0. The molecule has 0 atom stereocenters. The summed E-state index contributed by atoms with van der Waals surface area (Å²) in [6.07, 6.45) is 0. The lowest BCUT2D eigenvalue weighted by atomic mass is 9.83. The molecule has 0 saturated heterocycles. The zero-order chi connectivity index (χ0) is 26.5. The predicted molar refractivity (Wildman–Crippen MR) is 173 cm³/mol. The summed E-state index contributed by atoms with van der Waals surface area (Å²) < 4.78 is 0. The summed E-state index contributed by atoms with van der Waals surface area (Å²) in [6.45, 7) is 0. The van der Waals surface area contributed by atoms with E-state index in [1.165, 1.54) is 76.5 Å². The molecule has 0 heterocycles. The Morgan fingerprint density at radius 1 is 0.250 bits per heavy atom. The van der Waals surface area contributed by atoms with E-state index in [0.29, 0.717) is 0 Å². The van der Waals surface area contributed by atoms with Crippen molar-refractivity contribution in [2.75, 3.05) is 0 Å². The Morgan fingerprint density at radius 3 is 1.48 bits per heavy atom. The van der Waals surface area contributed by atoms with Crippen LogP contribution < -0.4 is 0 Å². The van der Waals surface area contributed by atoms with Crippen molar-refractivity contribution >= 4 is 43.1 Å². The summed E-state index contributed by atoms with van der Waals surface area (Å²) in [6, 6.07) is 57.5. The van der Waals surface area contributed by atoms with Crippen molar-refractivity contribution in [3.05, 3.63) is 158 Å². The molecule has 0 aromatic heterocycles. The van der Waals surface area contributed by atoms with Crippen molar-refractivity contribution in [3.63, 3.8) is 0 Å². The van der Waals surface area contributed by atoms with Gasteiger partial charge in [0.25, 0.3) is 0 Å². The van der Waals surface area contributed by atoms with Crippen LogP contribution in [0.15, 0.2) is 158 Å². The van der Waals surface area contributed by atoms with Gasteiger partial charge >= 0.3 is 0 Å². The van der Waals surface area contributed by atoms with E-state index in [-0.39, 0.29) is 0 Å². The Labute approximate surface area is 233 Å². The molecule has 0 aliphatic carbocycles. The van der Waals surface area contributed by atoms with Gasteiger partial charge in [0.1, 0.15) is 0 Å². The lowest BCUT2D eigenvalue weighted by Crippen LogP contribution is -1.93. The first-order valence-corrected chi connectivity index (χ1v) is 13.9. The van der Waals surface area contributed by atoms with E-state index in [2.05, 4.69) is 158 Å². The van der Waals surface area contributed by atoms with Crippen molar-refractivity contribution in [1.29, 1.82) is 0 Å². The van der Waals surface area contributed by atoms with Crippen LogP contribution in [-0.2, 0) is 0 Å². The number of hydrogen-bond donors (Lipinski definition) is 0. The summed E-state index contributed by atoms with van der Waals surface area (Å²) >= 11 is 0. The quantitative estimate of drug-likeness (QED) is 0.209. The van der Waals surface area contributed by atoms with Crippen LogP contribution in [0.3, 0.4) is 0 Å².